The van der Waals surface area contributed by atoms with Crippen molar-refractivity contribution >= 4 is 10.0 Å². The molecule has 2 aromatic heterocycles. The largest absolute Gasteiger partial charge is 0.340 e. The smallest absolute Gasteiger partial charge is 0.244 e. The van der Waals surface area contributed by atoms with E-state index in [-0.39, 0.29) is 29.5 Å². The molecule has 4 N–H and O–H groups in total. The highest BCUT2D eigenvalue weighted by Gasteiger charge is 2.23. The number of aryl methyl sites for hydroxylation is 2. The van der Waals surface area contributed by atoms with Crippen LogP contribution in [0.5, 0.6) is 0 Å². The van der Waals surface area contributed by atoms with Crippen molar-refractivity contribution in [3.05, 3.63) is 23.1 Å². The van der Waals surface area contributed by atoms with E-state index in [9.17, 15) is 8.42 Å². The van der Waals surface area contributed by atoms with Crippen LogP contribution in [-0.2, 0) is 23.1 Å². The standard InChI is InChI=1S/C9H14N6O3S/c1-5-9(7(3-10)14-13-5)19(16,17)11-4-8-12-6(2)18-15-8/h11H,3-4,10H2,1-2H3,(H,13,14). The van der Waals surface area contributed by atoms with Crippen LogP contribution in [0, 0.1) is 13.8 Å². The number of H-pyrrole nitrogens is 1. The van der Waals surface area contributed by atoms with Crippen molar-refractivity contribution in [2.75, 3.05) is 0 Å². The van der Waals surface area contributed by atoms with Gasteiger partial charge in [-0.15, -0.1) is 0 Å². The fourth-order valence-electron chi connectivity index (χ4n) is 1.61. The van der Waals surface area contributed by atoms with Crippen molar-refractivity contribution in [2.45, 2.75) is 31.8 Å². The molecule has 2 heterocycles. The van der Waals surface area contributed by atoms with Gasteiger partial charge in [0, 0.05) is 13.5 Å². The van der Waals surface area contributed by atoms with E-state index in [1.165, 1.54) is 0 Å². The molecule has 0 spiro atoms. The van der Waals surface area contributed by atoms with Crippen LogP contribution in [0.4, 0.5) is 0 Å². The lowest BCUT2D eigenvalue weighted by atomic mass is 10.4. The first kappa shape index (κ1) is 13.6. The molecule has 9 nitrogen and oxygen atoms in total. The lowest BCUT2D eigenvalue weighted by Crippen LogP contribution is -2.25. The van der Waals surface area contributed by atoms with E-state index in [1.54, 1.807) is 13.8 Å². The van der Waals surface area contributed by atoms with Gasteiger partial charge in [-0.1, -0.05) is 5.16 Å². The Hall–Kier alpha value is -1.78. The van der Waals surface area contributed by atoms with Crippen molar-refractivity contribution in [3.63, 3.8) is 0 Å². The van der Waals surface area contributed by atoms with Crippen LogP contribution >= 0.6 is 0 Å². The van der Waals surface area contributed by atoms with Gasteiger partial charge in [0.25, 0.3) is 0 Å². The third-order valence-electron chi connectivity index (χ3n) is 2.41. The van der Waals surface area contributed by atoms with Crippen LogP contribution in [0.2, 0.25) is 0 Å². The molecule has 0 atom stereocenters. The number of sulfonamides is 1. The Morgan fingerprint density at radius 3 is 2.74 bits per heavy atom. The Balaban J connectivity index is 2.20. The highest BCUT2D eigenvalue weighted by Crippen LogP contribution is 2.17. The molecule has 0 aliphatic rings. The minimum absolute atomic E-state index is 0.0297. The number of nitrogens with two attached hydrogens (primary N) is 1. The van der Waals surface area contributed by atoms with E-state index in [2.05, 4.69) is 25.1 Å². The number of nitrogens with zero attached hydrogens (tertiary/aromatic N) is 3. The van der Waals surface area contributed by atoms with Crippen LogP contribution in [0.15, 0.2) is 9.42 Å². The molecule has 0 aliphatic heterocycles. The minimum atomic E-state index is -3.72. The second-order valence-electron chi connectivity index (χ2n) is 3.88. The molecular weight excluding hydrogens is 272 g/mol. The molecule has 0 saturated carbocycles. The van der Waals surface area contributed by atoms with Crippen molar-refractivity contribution in [1.29, 1.82) is 0 Å². The zero-order valence-electron chi connectivity index (χ0n) is 10.5. The Bertz CT molecular complexity index is 674. The van der Waals surface area contributed by atoms with E-state index >= 15 is 0 Å². The Morgan fingerprint density at radius 2 is 2.16 bits per heavy atom. The van der Waals surface area contributed by atoms with Gasteiger partial charge >= 0.3 is 0 Å². The quantitative estimate of drug-likeness (QED) is 0.663. The highest BCUT2D eigenvalue weighted by molar-refractivity contribution is 7.89. The van der Waals surface area contributed by atoms with Crippen LogP contribution in [0.25, 0.3) is 0 Å². The molecule has 19 heavy (non-hydrogen) atoms. The van der Waals surface area contributed by atoms with Crippen LogP contribution < -0.4 is 10.5 Å². The summed E-state index contributed by atoms with van der Waals surface area (Å²) in [7, 11) is -3.72. The molecular formula is C9H14N6O3S. The van der Waals surface area contributed by atoms with Crippen LogP contribution in [0.1, 0.15) is 23.1 Å². The van der Waals surface area contributed by atoms with Crippen molar-refractivity contribution in [3.8, 4) is 0 Å². The maximum absolute atomic E-state index is 12.2. The molecule has 0 saturated heterocycles. The molecule has 2 aromatic rings. The topological polar surface area (TPSA) is 140 Å². The maximum Gasteiger partial charge on any atom is 0.244 e. The lowest BCUT2D eigenvalue weighted by molar-refractivity contribution is 0.387. The number of rotatable bonds is 5. The van der Waals surface area contributed by atoms with E-state index in [0.29, 0.717) is 11.6 Å². The second-order valence-corrected chi connectivity index (χ2v) is 5.59. The molecule has 0 bridgehead atoms. The van der Waals surface area contributed by atoms with Gasteiger partial charge < -0.3 is 10.3 Å². The highest BCUT2D eigenvalue weighted by atomic mass is 32.2. The van der Waals surface area contributed by atoms with Gasteiger partial charge in [-0.25, -0.2) is 13.1 Å². The summed E-state index contributed by atoms with van der Waals surface area (Å²) >= 11 is 0. The fraction of sp³-hybridized carbons (Fsp3) is 0.444. The minimum Gasteiger partial charge on any atom is -0.340 e. The van der Waals surface area contributed by atoms with Crippen molar-refractivity contribution in [2.24, 2.45) is 5.73 Å². The normalized spacial score (nSPS) is 11.9. The zero-order valence-corrected chi connectivity index (χ0v) is 11.3. The van der Waals surface area contributed by atoms with Crippen molar-refractivity contribution < 1.29 is 12.9 Å². The van der Waals surface area contributed by atoms with Gasteiger partial charge in [0.1, 0.15) is 4.90 Å². The fourth-order valence-corrected chi connectivity index (χ4v) is 2.96. The Labute approximate surface area is 109 Å². The summed E-state index contributed by atoms with van der Waals surface area (Å²) < 4.78 is 31.5. The van der Waals surface area contributed by atoms with E-state index in [0.717, 1.165) is 0 Å². The molecule has 10 heteroatoms. The number of hydrogen-bond acceptors (Lipinski definition) is 7. The first-order valence-corrected chi connectivity index (χ1v) is 6.95. The van der Waals surface area contributed by atoms with Crippen molar-refractivity contribution in [1.82, 2.24) is 25.1 Å². The van der Waals surface area contributed by atoms with Crippen LogP contribution in [0.3, 0.4) is 0 Å². The molecule has 0 aromatic carbocycles. The van der Waals surface area contributed by atoms with E-state index < -0.39 is 10.0 Å². The molecule has 0 fully saturated rings. The van der Waals surface area contributed by atoms with Gasteiger partial charge in [-0.3, -0.25) is 5.10 Å². The number of aromatic amines is 1. The SMILES string of the molecule is Cc1nc(CNS(=O)(=O)c2c(CN)n[nH]c2C)no1. The average molecular weight is 286 g/mol. The van der Waals surface area contributed by atoms with Crippen LogP contribution in [-0.4, -0.2) is 28.8 Å². The predicted octanol–water partition coefficient (Wildman–Crippen LogP) is -0.653. The first-order valence-electron chi connectivity index (χ1n) is 5.47. The lowest BCUT2D eigenvalue weighted by Gasteiger charge is -2.05. The summed E-state index contributed by atoms with van der Waals surface area (Å²) in [5.74, 6) is 0.632. The second kappa shape index (κ2) is 5.07. The molecule has 0 amide bonds. The summed E-state index contributed by atoms with van der Waals surface area (Å²) in [5, 5.41) is 10.0. The summed E-state index contributed by atoms with van der Waals surface area (Å²) in [4.78, 5) is 3.97. The van der Waals surface area contributed by atoms with Gasteiger partial charge in [0.05, 0.1) is 17.9 Å². The number of aromatic nitrogens is 4. The van der Waals surface area contributed by atoms with Gasteiger partial charge in [-0.2, -0.15) is 10.1 Å². The monoisotopic (exact) mass is 286 g/mol. The zero-order chi connectivity index (χ0) is 14.0. The Kier molecular flexibility index (Phi) is 3.64. The molecule has 2 rings (SSSR count). The summed E-state index contributed by atoms with van der Waals surface area (Å²) in [6, 6.07) is 0. The van der Waals surface area contributed by atoms with E-state index in [1.807, 2.05) is 0 Å². The number of nitrogens with one attached hydrogen (secondary N) is 2. The third-order valence-corrected chi connectivity index (χ3v) is 4.02. The first-order chi connectivity index (χ1) is 8.94. The van der Waals surface area contributed by atoms with E-state index in [4.69, 9.17) is 10.3 Å². The number of hydrogen-bond donors (Lipinski definition) is 3. The van der Waals surface area contributed by atoms with Gasteiger partial charge in [-0.05, 0) is 6.92 Å². The molecule has 104 valence electrons. The Morgan fingerprint density at radius 1 is 1.42 bits per heavy atom. The average Bonchev–Trinajstić information content (AvgIpc) is 2.93. The maximum atomic E-state index is 12.2. The molecule has 0 unspecified atom stereocenters. The molecule has 0 radical (unpaired) electrons. The predicted molar refractivity (Wildman–Crippen MR) is 64.3 cm³/mol. The molecule has 0 aliphatic carbocycles. The summed E-state index contributed by atoms with van der Waals surface area (Å²) in [6.45, 7) is 3.20. The van der Waals surface area contributed by atoms with Gasteiger partial charge in [0.2, 0.25) is 15.9 Å². The van der Waals surface area contributed by atoms with Gasteiger partial charge in [0.15, 0.2) is 5.82 Å². The third kappa shape index (κ3) is 2.80. The summed E-state index contributed by atoms with van der Waals surface area (Å²) in [6.07, 6.45) is 0. The summed E-state index contributed by atoms with van der Waals surface area (Å²) in [5.41, 5.74) is 6.17.